The van der Waals surface area contributed by atoms with E-state index in [2.05, 4.69) is 43.1 Å². The number of aromatic nitrogens is 1. The van der Waals surface area contributed by atoms with Gasteiger partial charge in [-0.25, -0.2) is 4.79 Å². The second-order valence-corrected chi connectivity index (χ2v) is 9.16. The van der Waals surface area contributed by atoms with E-state index >= 15 is 0 Å². The molecular formula is C26H30N2O3. The largest absolute Gasteiger partial charge is 0.489 e. The van der Waals surface area contributed by atoms with Crippen LogP contribution in [0.2, 0.25) is 0 Å². The van der Waals surface area contributed by atoms with Crippen molar-refractivity contribution in [2.75, 3.05) is 6.61 Å². The molecule has 0 aliphatic heterocycles. The molecule has 0 bridgehead atoms. The first kappa shape index (κ1) is 21.2. The average molecular weight is 419 g/mol. The fraction of sp³-hybridized carbons (Fsp3) is 0.385. The minimum atomic E-state index is -0.769. The molecule has 0 spiro atoms. The Labute approximate surface area is 183 Å². The number of hydrogen-bond acceptors (Lipinski definition) is 4. The fourth-order valence-electron chi connectivity index (χ4n) is 4.38. The summed E-state index contributed by atoms with van der Waals surface area (Å²) in [6.45, 7) is 6.33. The van der Waals surface area contributed by atoms with Crippen LogP contribution in [-0.4, -0.2) is 23.3 Å². The number of nitrogens with zero attached hydrogens (tertiary/aromatic N) is 1. The lowest BCUT2D eigenvalue weighted by atomic mass is 9.94. The van der Waals surface area contributed by atoms with Crippen LogP contribution in [0.1, 0.15) is 51.5 Å². The summed E-state index contributed by atoms with van der Waals surface area (Å²) in [5.74, 6) is 1.71. The molecule has 5 nitrogen and oxygen atoms in total. The van der Waals surface area contributed by atoms with Gasteiger partial charge in [0, 0.05) is 11.6 Å². The number of primary amides is 1. The Hall–Kier alpha value is -3.08. The van der Waals surface area contributed by atoms with E-state index in [9.17, 15) is 4.79 Å². The van der Waals surface area contributed by atoms with Gasteiger partial charge in [-0.15, -0.1) is 0 Å². The molecule has 1 atom stereocenters. The van der Waals surface area contributed by atoms with E-state index in [-0.39, 0.29) is 6.61 Å². The maximum absolute atomic E-state index is 11.4. The number of rotatable bonds is 8. The molecule has 4 rings (SSSR count). The third kappa shape index (κ3) is 4.98. The number of pyridine rings is 1. The van der Waals surface area contributed by atoms with Gasteiger partial charge in [-0.05, 0) is 79.0 Å². The van der Waals surface area contributed by atoms with Gasteiger partial charge in [-0.1, -0.05) is 38.1 Å². The molecule has 162 valence electrons. The standard InChI is InChI=1S/C26H30N2O3/c1-17(2)15-26(3,31-25(27)29)16-30-24-11-10-19(14-22(24)18-8-9-18)20-12-13-28-23-7-5-4-6-21(20)23/h4-7,10-14,17-18H,8-9,15-16H2,1-3H3,(H2,27,29). The van der Waals surface area contributed by atoms with Crippen molar-refractivity contribution in [1.82, 2.24) is 4.98 Å². The minimum Gasteiger partial charge on any atom is -0.489 e. The quantitative estimate of drug-likeness (QED) is 0.483. The first-order chi connectivity index (χ1) is 14.8. The number of benzene rings is 2. The maximum Gasteiger partial charge on any atom is 0.405 e. The van der Waals surface area contributed by atoms with E-state index in [1.165, 1.54) is 11.1 Å². The van der Waals surface area contributed by atoms with Gasteiger partial charge >= 0.3 is 6.09 Å². The van der Waals surface area contributed by atoms with Gasteiger partial charge in [0.05, 0.1) is 5.52 Å². The SMILES string of the molecule is CC(C)CC(C)(COc1ccc(-c2ccnc3ccccc23)cc1C1CC1)OC(N)=O. The third-order valence-corrected chi connectivity index (χ3v) is 5.71. The van der Waals surface area contributed by atoms with Crippen LogP contribution in [0.4, 0.5) is 4.79 Å². The van der Waals surface area contributed by atoms with Crippen LogP contribution < -0.4 is 10.5 Å². The molecule has 3 aromatic rings. The number of carbonyl (C=O) groups excluding carboxylic acids is 1. The zero-order chi connectivity index (χ0) is 22.0. The molecule has 1 aromatic heterocycles. The molecule has 1 amide bonds. The first-order valence-electron chi connectivity index (χ1n) is 10.9. The summed E-state index contributed by atoms with van der Waals surface area (Å²) < 4.78 is 11.7. The van der Waals surface area contributed by atoms with Crippen LogP contribution in [-0.2, 0) is 4.74 Å². The minimum absolute atomic E-state index is 0.269. The first-order valence-corrected chi connectivity index (χ1v) is 10.9. The molecule has 1 aliphatic rings. The molecule has 1 heterocycles. The van der Waals surface area contributed by atoms with Crippen molar-refractivity contribution in [3.05, 3.63) is 60.3 Å². The molecule has 2 aromatic carbocycles. The van der Waals surface area contributed by atoms with Gasteiger partial charge in [-0.3, -0.25) is 4.98 Å². The van der Waals surface area contributed by atoms with Crippen LogP contribution in [0, 0.1) is 5.92 Å². The van der Waals surface area contributed by atoms with E-state index in [1.807, 2.05) is 37.4 Å². The normalized spacial score (nSPS) is 15.6. The lowest BCUT2D eigenvalue weighted by molar-refractivity contribution is -0.0188. The van der Waals surface area contributed by atoms with Crippen LogP contribution in [0.5, 0.6) is 5.75 Å². The number of hydrogen-bond donors (Lipinski definition) is 1. The Morgan fingerprint density at radius 3 is 2.68 bits per heavy atom. The highest BCUT2D eigenvalue weighted by Gasteiger charge is 2.32. The number of ether oxygens (including phenoxy) is 2. The highest BCUT2D eigenvalue weighted by Crippen LogP contribution is 2.46. The summed E-state index contributed by atoms with van der Waals surface area (Å²) in [7, 11) is 0. The van der Waals surface area contributed by atoms with Crippen molar-refractivity contribution >= 4 is 17.0 Å². The van der Waals surface area contributed by atoms with Crippen molar-refractivity contribution in [2.45, 2.75) is 51.6 Å². The van der Waals surface area contributed by atoms with Gasteiger partial charge in [0.1, 0.15) is 18.0 Å². The third-order valence-electron chi connectivity index (χ3n) is 5.71. The predicted molar refractivity (Wildman–Crippen MR) is 123 cm³/mol. The van der Waals surface area contributed by atoms with Crippen molar-refractivity contribution in [1.29, 1.82) is 0 Å². The zero-order valence-corrected chi connectivity index (χ0v) is 18.4. The molecule has 0 radical (unpaired) electrons. The molecule has 1 aliphatic carbocycles. The zero-order valence-electron chi connectivity index (χ0n) is 18.4. The number of para-hydroxylation sites is 1. The summed E-state index contributed by atoms with van der Waals surface area (Å²) >= 11 is 0. The number of carbonyl (C=O) groups is 1. The van der Waals surface area contributed by atoms with Crippen molar-refractivity contribution in [2.24, 2.45) is 11.7 Å². The second kappa shape index (κ2) is 8.58. The fourth-order valence-corrected chi connectivity index (χ4v) is 4.38. The number of amides is 1. The molecule has 1 fully saturated rings. The van der Waals surface area contributed by atoms with E-state index < -0.39 is 11.7 Å². The van der Waals surface area contributed by atoms with Gasteiger partial charge in [0.2, 0.25) is 0 Å². The predicted octanol–water partition coefficient (Wildman–Crippen LogP) is 6.06. The highest BCUT2D eigenvalue weighted by atomic mass is 16.6. The summed E-state index contributed by atoms with van der Waals surface area (Å²) in [5, 5.41) is 1.14. The Morgan fingerprint density at radius 2 is 1.97 bits per heavy atom. The summed E-state index contributed by atoms with van der Waals surface area (Å²) in [6.07, 6.45) is 4.09. The Balaban J connectivity index is 1.63. The lowest BCUT2D eigenvalue weighted by Gasteiger charge is -2.30. The Morgan fingerprint density at radius 1 is 1.19 bits per heavy atom. The van der Waals surface area contributed by atoms with E-state index in [0.717, 1.165) is 35.1 Å². The van der Waals surface area contributed by atoms with Gasteiger partial charge in [0.15, 0.2) is 0 Å². The second-order valence-electron chi connectivity index (χ2n) is 9.16. The lowest BCUT2D eigenvalue weighted by Crippen LogP contribution is -2.41. The van der Waals surface area contributed by atoms with Crippen molar-refractivity contribution in [3.63, 3.8) is 0 Å². The van der Waals surface area contributed by atoms with E-state index in [0.29, 0.717) is 18.3 Å². The summed E-state index contributed by atoms with van der Waals surface area (Å²) in [6, 6.07) is 16.6. The smallest absolute Gasteiger partial charge is 0.405 e. The Kier molecular flexibility index (Phi) is 5.86. The summed E-state index contributed by atoms with van der Waals surface area (Å²) in [4.78, 5) is 15.9. The number of fused-ring (bicyclic) bond motifs is 1. The van der Waals surface area contributed by atoms with Gasteiger partial charge in [-0.2, -0.15) is 0 Å². The molecule has 1 saturated carbocycles. The van der Waals surface area contributed by atoms with Crippen molar-refractivity contribution in [3.8, 4) is 16.9 Å². The Bertz CT molecular complexity index is 1090. The summed E-state index contributed by atoms with van der Waals surface area (Å²) in [5.41, 5.74) is 9.08. The van der Waals surface area contributed by atoms with Crippen LogP contribution in [0.25, 0.3) is 22.0 Å². The van der Waals surface area contributed by atoms with Gasteiger partial charge in [0.25, 0.3) is 0 Å². The van der Waals surface area contributed by atoms with E-state index in [1.54, 1.807) is 0 Å². The van der Waals surface area contributed by atoms with Crippen molar-refractivity contribution < 1.29 is 14.3 Å². The van der Waals surface area contributed by atoms with Crippen LogP contribution in [0.15, 0.2) is 54.7 Å². The van der Waals surface area contributed by atoms with Crippen LogP contribution in [0.3, 0.4) is 0 Å². The molecule has 0 saturated heterocycles. The number of nitrogens with two attached hydrogens (primary N) is 1. The molecule has 31 heavy (non-hydrogen) atoms. The molecule has 1 unspecified atom stereocenters. The molecule has 5 heteroatoms. The highest BCUT2D eigenvalue weighted by molar-refractivity contribution is 5.94. The van der Waals surface area contributed by atoms with E-state index in [4.69, 9.17) is 15.2 Å². The molecule has 2 N–H and O–H groups in total. The molecular weight excluding hydrogens is 388 g/mol. The van der Waals surface area contributed by atoms with Gasteiger partial charge < -0.3 is 15.2 Å². The average Bonchev–Trinajstić information content (AvgIpc) is 3.56. The monoisotopic (exact) mass is 418 g/mol. The maximum atomic E-state index is 11.4. The topological polar surface area (TPSA) is 74.4 Å². The van der Waals surface area contributed by atoms with Crippen LogP contribution >= 0.6 is 0 Å².